The largest absolute Gasteiger partial charge is 0.495 e. The highest BCUT2D eigenvalue weighted by molar-refractivity contribution is 5.89. The van der Waals surface area contributed by atoms with Gasteiger partial charge in [-0.05, 0) is 48.0 Å². The second-order valence-corrected chi connectivity index (χ2v) is 6.99. The molecular formula is C24H20F2N2O3. The second kappa shape index (κ2) is 8.47. The van der Waals surface area contributed by atoms with Gasteiger partial charge in [0.1, 0.15) is 5.75 Å². The first-order valence-corrected chi connectivity index (χ1v) is 9.56. The van der Waals surface area contributed by atoms with Crippen LogP contribution in [0.3, 0.4) is 0 Å². The van der Waals surface area contributed by atoms with Gasteiger partial charge in [0.05, 0.1) is 25.5 Å². The van der Waals surface area contributed by atoms with Crippen LogP contribution in [0.1, 0.15) is 15.9 Å². The maximum atomic E-state index is 13.5. The summed E-state index contributed by atoms with van der Waals surface area (Å²) in [6, 6.07) is 16.8. The fraction of sp³-hybridized carbons (Fsp3) is 0.125. The van der Waals surface area contributed by atoms with Crippen LogP contribution in [0.25, 0.3) is 22.2 Å². The lowest BCUT2D eigenvalue weighted by Crippen LogP contribution is -2.04. The minimum absolute atomic E-state index is 0.382. The van der Waals surface area contributed by atoms with E-state index in [9.17, 15) is 13.6 Å². The van der Waals surface area contributed by atoms with Gasteiger partial charge >= 0.3 is 5.97 Å². The molecule has 31 heavy (non-hydrogen) atoms. The molecule has 0 fully saturated rings. The van der Waals surface area contributed by atoms with E-state index in [0.717, 1.165) is 28.6 Å². The Morgan fingerprint density at radius 1 is 0.968 bits per heavy atom. The molecule has 0 unspecified atom stereocenters. The third-order valence-electron chi connectivity index (χ3n) is 5.03. The Labute approximate surface area is 177 Å². The maximum absolute atomic E-state index is 13.5. The first-order valence-electron chi connectivity index (χ1n) is 9.56. The molecule has 5 nitrogen and oxygen atoms in total. The number of ether oxygens (including phenoxy) is 2. The molecule has 0 aliphatic carbocycles. The van der Waals surface area contributed by atoms with Crippen LogP contribution >= 0.6 is 0 Å². The molecule has 0 atom stereocenters. The van der Waals surface area contributed by atoms with Gasteiger partial charge in [0.15, 0.2) is 11.6 Å². The first-order chi connectivity index (χ1) is 15.0. The molecule has 0 amide bonds. The number of methoxy groups -OCH3 is 2. The normalized spacial score (nSPS) is 10.8. The number of benzene rings is 3. The zero-order valence-electron chi connectivity index (χ0n) is 17.0. The fourth-order valence-corrected chi connectivity index (χ4v) is 3.37. The van der Waals surface area contributed by atoms with Crippen LogP contribution in [0.15, 0.2) is 60.7 Å². The number of carbonyl (C=O) groups is 1. The topological polar surface area (TPSA) is 63.3 Å². The van der Waals surface area contributed by atoms with Crippen LogP contribution in [0.2, 0.25) is 0 Å². The van der Waals surface area contributed by atoms with Crippen molar-refractivity contribution in [1.82, 2.24) is 4.98 Å². The van der Waals surface area contributed by atoms with Crippen molar-refractivity contribution in [2.45, 2.75) is 6.54 Å². The van der Waals surface area contributed by atoms with Crippen LogP contribution < -0.4 is 10.1 Å². The summed E-state index contributed by atoms with van der Waals surface area (Å²) in [6.07, 6.45) is 0. The lowest BCUT2D eigenvalue weighted by Gasteiger charge is -2.13. The third-order valence-corrected chi connectivity index (χ3v) is 5.03. The predicted molar refractivity (Wildman–Crippen MR) is 115 cm³/mol. The van der Waals surface area contributed by atoms with Gasteiger partial charge in [-0.3, -0.25) is 0 Å². The van der Waals surface area contributed by atoms with Crippen LogP contribution in [0, 0.1) is 11.6 Å². The van der Waals surface area contributed by atoms with E-state index < -0.39 is 11.6 Å². The number of nitrogens with one attached hydrogen (secondary N) is 2. The van der Waals surface area contributed by atoms with E-state index in [-0.39, 0.29) is 5.97 Å². The van der Waals surface area contributed by atoms with Gasteiger partial charge in [-0.2, -0.15) is 0 Å². The Morgan fingerprint density at radius 3 is 2.42 bits per heavy atom. The van der Waals surface area contributed by atoms with Gasteiger partial charge in [0.2, 0.25) is 0 Å². The summed E-state index contributed by atoms with van der Waals surface area (Å²) >= 11 is 0. The number of aromatic nitrogens is 1. The predicted octanol–water partition coefficient (Wildman–Crippen LogP) is 5.52. The molecule has 0 spiro atoms. The van der Waals surface area contributed by atoms with Crippen molar-refractivity contribution in [3.05, 3.63) is 83.4 Å². The Balaban J connectivity index is 1.58. The quantitative estimate of drug-likeness (QED) is 0.402. The number of H-pyrrole nitrogens is 1. The second-order valence-electron chi connectivity index (χ2n) is 6.99. The highest BCUT2D eigenvalue weighted by Gasteiger charge is 2.11. The lowest BCUT2D eigenvalue weighted by atomic mass is 10.1. The summed E-state index contributed by atoms with van der Waals surface area (Å²) in [5, 5.41) is 3.92. The SMILES string of the molecule is COC(=O)c1ccc(CNc2cc(-c3cc4cc(F)c(F)cc4[nH]3)ccc2OC)cc1. The minimum Gasteiger partial charge on any atom is -0.495 e. The lowest BCUT2D eigenvalue weighted by molar-refractivity contribution is 0.0600. The molecule has 1 heterocycles. The number of aromatic amines is 1. The van der Waals surface area contributed by atoms with E-state index in [1.165, 1.54) is 13.2 Å². The number of fused-ring (bicyclic) bond motifs is 1. The fourth-order valence-electron chi connectivity index (χ4n) is 3.37. The van der Waals surface area contributed by atoms with E-state index in [1.807, 2.05) is 30.3 Å². The number of halogens is 2. The molecule has 3 aromatic carbocycles. The summed E-state index contributed by atoms with van der Waals surface area (Å²) < 4.78 is 37.2. The van der Waals surface area contributed by atoms with Crippen LogP contribution in [-0.4, -0.2) is 25.2 Å². The molecule has 4 aromatic rings. The molecular weight excluding hydrogens is 402 g/mol. The van der Waals surface area contributed by atoms with Gasteiger partial charge < -0.3 is 19.8 Å². The Bertz CT molecular complexity index is 1210. The highest BCUT2D eigenvalue weighted by Crippen LogP contribution is 2.32. The third kappa shape index (κ3) is 4.21. The molecule has 0 saturated carbocycles. The summed E-state index contributed by atoms with van der Waals surface area (Å²) in [4.78, 5) is 14.7. The number of hydrogen-bond donors (Lipinski definition) is 2. The van der Waals surface area contributed by atoms with Crippen molar-refractivity contribution >= 4 is 22.6 Å². The molecule has 4 rings (SSSR count). The smallest absolute Gasteiger partial charge is 0.337 e. The monoisotopic (exact) mass is 422 g/mol. The zero-order chi connectivity index (χ0) is 22.0. The van der Waals surface area contributed by atoms with E-state index in [0.29, 0.717) is 28.8 Å². The van der Waals surface area contributed by atoms with Gasteiger partial charge in [0, 0.05) is 34.8 Å². The van der Waals surface area contributed by atoms with E-state index in [2.05, 4.69) is 10.3 Å². The number of hydrogen-bond acceptors (Lipinski definition) is 4. The van der Waals surface area contributed by atoms with Gasteiger partial charge in [-0.1, -0.05) is 12.1 Å². The summed E-state index contributed by atoms with van der Waals surface area (Å²) in [5.41, 5.74) is 4.29. The summed E-state index contributed by atoms with van der Waals surface area (Å²) in [6.45, 7) is 0.504. The van der Waals surface area contributed by atoms with Crippen molar-refractivity contribution in [2.24, 2.45) is 0 Å². The Morgan fingerprint density at radius 2 is 1.71 bits per heavy atom. The number of rotatable bonds is 6. The molecule has 0 radical (unpaired) electrons. The minimum atomic E-state index is -0.892. The standard InChI is InChI=1S/C24H20F2N2O3/c1-30-23-8-7-16(20-11-17-9-18(25)19(26)12-21(17)28-20)10-22(23)27-13-14-3-5-15(6-4-14)24(29)31-2/h3-12,27-28H,13H2,1-2H3. The van der Waals surface area contributed by atoms with E-state index in [4.69, 9.17) is 9.47 Å². The molecule has 7 heteroatoms. The number of esters is 1. The maximum Gasteiger partial charge on any atom is 0.337 e. The average Bonchev–Trinajstić information content (AvgIpc) is 3.20. The van der Waals surface area contributed by atoms with Crippen LogP contribution in [0.5, 0.6) is 5.75 Å². The molecule has 158 valence electrons. The summed E-state index contributed by atoms with van der Waals surface area (Å²) in [5.74, 6) is -1.50. The van der Waals surface area contributed by atoms with Gasteiger partial charge in [-0.25, -0.2) is 13.6 Å². The Hall–Kier alpha value is -3.87. The van der Waals surface area contributed by atoms with Crippen molar-refractivity contribution < 1.29 is 23.0 Å². The van der Waals surface area contributed by atoms with Crippen molar-refractivity contribution in [2.75, 3.05) is 19.5 Å². The molecule has 0 aliphatic rings. The first kappa shape index (κ1) is 20.4. The number of carbonyl (C=O) groups excluding carboxylic acids is 1. The zero-order valence-corrected chi connectivity index (χ0v) is 17.0. The van der Waals surface area contributed by atoms with Crippen LogP contribution in [-0.2, 0) is 11.3 Å². The van der Waals surface area contributed by atoms with Crippen molar-refractivity contribution in [3.63, 3.8) is 0 Å². The molecule has 1 aromatic heterocycles. The van der Waals surface area contributed by atoms with Gasteiger partial charge in [-0.15, -0.1) is 0 Å². The Kier molecular flexibility index (Phi) is 5.58. The molecule has 2 N–H and O–H groups in total. The summed E-state index contributed by atoms with van der Waals surface area (Å²) in [7, 11) is 2.93. The molecule has 0 bridgehead atoms. The average molecular weight is 422 g/mol. The molecule has 0 aliphatic heterocycles. The van der Waals surface area contributed by atoms with Crippen molar-refractivity contribution in [1.29, 1.82) is 0 Å². The van der Waals surface area contributed by atoms with E-state index in [1.54, 1.807) is 25.3 Å². The van der Waals surface area contributed by atoms with Crippen molar-refractivity contribution in [3.8, 4) is 17.0 Å². The van der Waals surface area contributed by atoms with Gasteiger partial charge in [0.25, 0.3) is 0 Å². The highest BCUT2D eigenvalue weighted by atomic mass is 19.2. The molecule has 0 saturated heterocycles. The van der Waals surface area contributed by atoms with Crippen LogP contribution in [0.4, 0.5) is 14.5 Å². The number of anilines is 1. The van der Waals surface area contributed by atoms with E-state index >= 15 is 0 Å².